The number of benzene rings is 3. The van der Waals surface area contributed by atoms with Gasteiger partial charge in [-0.25, -0.2) is 0 Å². The van der Waals surface area contributed by atoms with Crippen molar-refractivity contribution in [2.45, 2.75) is 20.3 Å². The number of hydrazine groups is 1. The molecule has 0 aliphatic rings. The molecule has 0 bridgehead atoms. The minimum absolute atomic E-state index is 0.0465. The van der Waals surface area contributed by atoms with Crippen LogP contribution in [0.3, 0.4) is 0 Å². The first-order chi connectivity index (χ1) is 16.8. The molecule has 3 N–H and O–H groups in total. The van der Waals surface area contributed by atoms with Crippen molar-refractivity contribution < 1.29 is 19.1 Å². The van der Waals surface area contributed by atoms with Gasteiger partial charge in [-0.1, -0.05) is 48.5 Å². The highest BCUT2D eigenvalue weighted by molar-refractivity contribution is 9.10. The molecule has 0 aliphatic carbocycles. The molecule has 0 atom stereocenters. The topological polar surface area (TPSA) is 88.7 Å². The number of para-hydroxylation sites is 1. The lowest BCUT2D eigenvalue weighted by atomic mass is 10.1. The summed E-state index contributed by atoms with van der Waals surface area (Å²) in [6, 6.07) is 20.8. The fraction of sp³-hybridized carbons (Fsp3) is 0.192. The van der Waals surface area contributed by atoms with Crippen molar-refractivity contribution in [1.29, 1.82) is 0 Å². The Morgan fingerprint density at radius 2 is 1.63 bits per heavy atom. The van der Waals surface area contributed by atoms with Gasteiger partial charge in [0.05, 0.1) is 11.1 Å². The number of carbonyl (C=O) groups excluding carboxylic acids is 2. The van der Waals surface area contributed by atoms with Gasteiger partial charge in [-0.15, -0.1) is 0 Å². The quantitative estimate of drug-likeness (QED) is 0.282. The number of aryl methyl sites for hydroxylation is 2. The number of rotatable bonds is 8. The lowest BCUT2D eigenvalue weighted by molar-refractivity contribution is -0.123. The first kappa shape index (κ1) is 26.2. The molecule has 0 heterocycles. The maximum Gasteiger partial charge on any atom is 0.276 e. The maximum atomic E-state index is 12.5. The Hall–Kier alpha value is -3.43. The fourth-order valence-electron chi connectivity index (χ4n) is 3.22. The number of ether oxygens (including phenoxy) is 2. The van der Waals surface area contributed by atoms with Crippen LogP contribution in [0.1, 0.15) is 27.0 Å². The third kappa shape index (κ3) is 8.08. The lowest BCUT2D eigenvalue weighted by Gasteiger charge is -2.14. The normalized spacial score (nSPS) is 10.3. The number of nitrogens with one attached hydrogen (secondary N) is 3. The molecule has 0 spiro atoms. The van der Waals surface area contributed by atoms with Crippen molar-refractivity contribution in [2.75, 3.05) is 13.2 Å². The van der Waals surface area contributed by atoms with Gasteiger partial charge in [-0.2, -0.15) is 0 Å². The van der Waals surface area contributed by atoms with Gasteiger partial charge >= 0.3 is 0 Å². The van der Waals surface area contributed by atoms with Crippen LogP contribution in [0.15, 0.2) is 71.2 Å². The second-order valence-corrected chi connectivity index (χ2v) is 8.96. The molecule has 0 radical (unpaired) electrons. The number of halogens is 1. The van der Waals surface area contributed by atoms with Crippen LogP contribution in [0.25, 0.3) is 0 Å². The minimum atomic E-state index is -0.441. The zero-order chi connectivity index (χ0) is 25.2. The highest BCUT2D eigenvalue weighted by Crippen LogP contribution is 2.26. The van der Waals surface area contributed by atoms with Crippen molar-refractivity contribution in [2.24, 2.45) is 0 Å². The molecule has 9 heteroatoms. The summed E-state index contributed by atoms with van der Waals surface area (Å²) in [4.78, 5) is 24.6. The first-order valence-corrected chi connectivity index (χ1v) is 12.1. The number of amides is 2. The summed E-state index contributed by atoms with van der Waals surface area (Å²) >= 11 is 8.54. The number of hydrogen-bond donors (Lipinski definition) is 3. The molecule has 7 nitrogen and oxygen atoms in total. The molecule has 3 rings (SSSR count). The summed E-state index contributed by atoms with van der Waals surface area (Å²) in [7, 11) is 0. The Morgan fingerprint density at radius 1 is 0.914 bits per heavy atom. The number of hydrogen-bond acceptors (Lipinski definition) is 5. The molecule has 3 aromatic carbocycles. The van der Waals surface area contributed by atoms with Gasteiger partial charge in [-0.3, -0.25) is 25.8 Å². The van der Waals surface area contributed by atoms with Crippen LogP contribution < -0.4 is 25.6 Å². The Balaban J connectivity index is 1.42. The zero-order valence-electron chi connectivity index (χ0n) is 19.4. The summed E-state index contributed by atoms with van der Waals surface area (Å²) in [6.45, 7) is 4.12. The average Bonchev–Trinajstić information content (AvgIpc) is 2.84. The van der Waals surface area contributed by atoms with Crippen molar-refractivity contribution in [3.05, 3.63) is 93.5 Å². The van der Waals surface area contributed by atoms with E-state index in [1.807, 2.05) is 62.4 Å². The van der Waals surface area contributed by atoms with E-state index in [9.17, 15) is 9.59 Å². The van der Waals surface area contributed by atoms with E-state index < -0.39 is 11.8 Å². The van der Waals surface area contributed by atoms with E-state index in [0.717, 1.165) is 17.5 Å². The Labute approximate surface area is 218 Å². The molecular formula is C26H26BrN3O4S. The fourth-order valence-corrected chi connectivity index (χ4v) is 3.85. The smallest absolute Gasteiger partial charge is 0.276 e. The molecule has 2 amide bonds. The highest BCUT2D eigenvalue weighted by Gasteiger charge is 2.12. The second kappa shape index (κ2) is 12.9. The predicted octanol–water partition coefficient (Wildman–Crippen LogP) is 4.40. The number of thiocarbonyl (C=S) groups is 1. The molecule has 0 fully saturated rings. The first-order valence-electron chi connectivity index (χ1n) is 10.9. The van der Waals surface area contributed by atoms with Crippen LogP contribution >= 0.6 is 28.1 Å². The third-order valence-electron chi connectivity index (χ3n) is 4.98. The van der Waals surface area contributed by atoms with Crippen LogP contribution in [0.2, 0.25) is 0 Å². The predicted molar refractivity (Wildman–Crippen MR) is 143 cm³/mol. The van der Waals surface area contributed by atoms with Crippen molar-refractivity contribution in [1.82, 2.24) is 16.2 Å². The molecule has 35 heavy (non-hydrogen) atoms. The Bertz CT molecular complexity index is 1180. The van der Waals surface area contributed by atoms with E-state index in [1.165, 1.54) is 5.56 Å². The summed E-state index contributed by atoms with van der Waals surface area (Å²) < 4.78 is 12.1. The van der Waals surface area contributed by atoms with E-state index in [-0.39, 0.29) is 11.7 Å². The Kier molecular flexibility index (Phi) is 9.63. The van der Waals surface area contributed by atoms with Crippen LogP contribution in [0.4, 0.5) is 0 Å². The summed E-state index contributed by atoms with van der Waals surface area (Å²) in [5, 5.41) is 2.47. The second-order valence-electron chi connectivity index (χ2n) is 7.70. The molecule has 0 saturated heterocycles. The molecule has 0 saturated carbocycles. The lowest BCUT2D eigenvalue weighted by Crippen LogP contribution is -2.49. The van der Waals surface area contributed by atoms with Crippen LogP contribution in [0, 0.1) is 13.8 Å². The van der Waals surface area contributed by atoms with E-state index in [1.54, 1.807) is 18.2 Å². The molecule has 0 aromatic heterocycles. The van der Waals surface area contributed by atoms with Gasteiger partial charge in [0, 0.05) is 12.0 Å². The summed E-state index contributed by atoms with van der Waals surface area (Å²) in [5.41, 5.74) is 8.34. The largest absolute Gasteiger partial charge is 0.492 e. The van der Waals surface area contributed by atoms with E-state index in [2.05, 4.69) is 32.1 Å². The standard InChI is InChI=1S/C26H26BrN3O4S/c1-17-7-6-8-18(2)24(17)34-16-23(31)29-30-26(35)28-25(32)20-11-12-22(21(27)15-20)33-14-13-19-9-4-3-5-10-19/h3-12,15H,13-14,16H2,1-2H3,(H,29,31)(H2,28,30,32,35). The van der Waals surface area contributed by atoms with Gasteiger partial charge in [0.1, 0.15) is 11.5 Å². The van der Waals surface area contributed by atoms with Crippen LogP contribution in [0.5, 0.6) is 11.5 Å². The maximum absolute atomic E-state index is 12.5. The zero-order valence-corrected chi connectivity index (χ0v) is 21.8. The SMILES string of the molecule is Cc1cccc(C)c1OCC(=O)NNC(=S)NC(=O)c1ccc(OCCc2ccccc2)c(Br)c1. The molecule has 0 aliphatic heterocycles. The van der Waals surface area contributed by atoms with Gasteiger partial charge in [0.25, 0.3) is 11.8 Å². The van der Waals surface area contributed by atoms with E-state index in [4.69, 9.17) is 21.7 Å². The van der Waals surface area contributed by atoms with Crippen LogP contribution in [-0.4, -0.2) is 30.1 Å². The van der Waals surface area contributed by atoms with Gasteiger partial charge in [-0.05, 0) is 76.9 Å². The number of carbonyl (C=O) groups is 2. The monoisotopic (exact) mass is 555 g/mol. The molecule has 3 aromatic rings. The molecular weight excluding hydrogens is 530 g/mol. The van der Waals surface area contributed by atoms with Gasteiger partial charge in [0.15, 0.2) is 11.7 Å². The summed E-state index contributed by atoms with van der Waals surface area (Å²) in [6.07, 6.45) is 0.775. The van der Waals surface area contributed by atoms with Crippen molar-refractivity contribution >= 4 is 45.1 Å². The Morgan fingerprint density at radius 3 is 2.31 bits per heavy atom. The van der Waals surface area contributed by atoms with Crippen LogP contribution in [-0.2, 0) is 11.2 Å². The molecule has 182 valence electrons. The van der Waals surface area contributed by atoms with Crippen molar-refractivity contribution in [3.8, 4) is 11.5 Å². The van der Waals surface area contributed by atoms with Gasteiger partial charge < -0.3 is 9.47 Å². The highest BCUT2D eigenvalue weighted by atomic mass is 79.9. The van der Waals surface area contributed by atoms with Gasteiger partial charge in [0.2, 0.25) is 0 Å². The average molecular weight is 556 g/mol. The molecule has 0 unspecified atom stereocenters. The van der Waals surface area contributed by atoms with E-state index >= 15 is 0 Å². The minimum Gasteiger partial charge on any atom is -0.492 e. The van der Waals surface area contributed by atoms with E-state index in [0.29, 0.717) is 28.1 Å². The summed E-state index contributed by atoms with van der Waals surface area (Å²) in [5.74, 6) is 0.426. The van der Waals surface area contributed by atoms with Crippen molar-refractivity contribution in [3.63, 3.8) is 0 Å². The third-order valence-corrected chi connectivity index (χ3v) is 5.81.